The highest BCUT2D eigenvalue weighted by Gasteiger charge is 2.38. The zero-order chi connectivity index (χ0) is 36.8. The van der Waals surface area contributed by atoms with Gasteiger partial charge in [0.1, 0.15) is 11.5 Å². The second-order valence-electron chi connectivity index (χ2n) is 11.9. The lowest BCUT2D eigenvalue weighted by Gasteiger charge is -2.14. The Morgan fingerprint density at radius 3 is 1.04 bits per heavy atom. The number of carbonyl (C=O) groups is 8. The monoisotopic (exact) mass is 692 g/mol. The third kappa shape index (κ3) is 5.83. The van der Waals surface area contributed by atoms with Gasteiger partial charge in [0.15, 0.2) is 11.6 Å². The van der Waals surface area contributed by atoms with Crippen LogP contribution in [0.25, 0.3) is 0 Å². The standard InChI is InChI=1S/C40H24N2O10/c1-21(43)23-3-9-27(10-4-23)41-35(45)31-17-7-25(19-33(31)37(41)47)39(49)51-29-13-15-30(16-14-29)52-40(50)26-8-18-32-34(20-26)38(48)42(36(32)46)28-11-5-24(6-12-28)22(2)44/h3-20H,1-2H3. The largest absolute Gasteiger partial charge is 0.423 e. The zero-order valence-electron chi connectivity index (χ0n) is 27.4. The van der Waals surface area contributed by atoms with Crippen molar-refractivity contribution in [3.63, 3.8) is 0 Å². The summed E-state index contributed by atoms with van der Waals surface area (Å²) in [6.07, 6.45) is 0. The van der Waals surface area contributed by atoms with Crippen LogP contribution in [0.5, 0.6) is 11.5 Å². The van der Waals surface area contributed by atoms with Crippen molar-refractivity contribution in [3.05, 3.63) is 154 Å². The van der Waals surface area contributed by atoms with Crippen molar-refractivity contribution in [2.45, 2.75) is 13.8 Å². The number of ketones is 2. The fourth-order valence-corrected chi connectivity index (χ4v) is 5.80. The summed E-state index contributed by atoms with van der Waals surface area (Å²) in [6, 6.07) is 25.6. The Bertz CT molecular complexity index is 2240. The predicted molar refractivity (Wildman–Crippen MR) is 184 cm³/mol. The van der Waals surface area contributed by atoms with Gasteiger partial charge in [-0.05, 0) is 123 Å². The summed E-state index contributed by atoms with van der Waals surface area (Å²) in [5.74, 6) is -4.15. The highest BCUT2D eigenvalue weighted by Crippen LogP contribution is 2.32. The molecule has 7 rings (SSSR count). The van der Waals surface area contributed by atoms with Gasteiger partial charge in [0.05, 0.1) is 44.8 Å². The Kier molecular flexibility index (Phi) is 8.19. The molecule has 0 saturated carbocycles. The van der Waals surface area contributed by atoms with Gasteiger partial charge in [0.2, 0.25) is 0 Å². The third-order valence-corrected chi connectivity index (χ3v) is 8.55. The molecule has 12 nitrogen and oxygen atoms in total. The van der Waals surface area contributed by atoms with Crippen molar-refractivity contribution in [2.75, 3.05) is 9.80 Å². The molecule has 0 bridgehead atoms. The van der Waals surface area contributed by atoms with E-state index in [1.54, 1.807) is 0 Å². The van der Waals surface area contributed by atoms with Gasteiger partial charge < -0.3 is 9.47 Å². The number of esters is 2. The first-order valence-electron chi connectivity index (χ1n) is 15.7. The van der Waals surface area contributed by atoms with E-state index in [9.17, 15) is 38.4 Å². The molecule has 254 valence electrons. The van der Waals surface area contributed by atoms with Gasteiger partial charge in [-0.2, -0.15) is 0 Å². The van der Waals surface area contributed by atoms with Crippen LogP contribution in [0.2, 0.25) is 0 Å². The van der Waals surface area contributed by atoms with E-state index in [0.717, 1.165) is 9.80 Å². The molecule has 0 fully saturated rings. The molecule has 0 N–H and O–H groups in total. The average molecular weight is 693 g/mol. The number of fused-ring (bicyclic) bond motifs is 2. The number of ether oxygens (including phenoxy) is 2. The Balaban J connectivity index is 1.00. The van der Waals surface area contributed by atoms with Gasteiger partial charge >= 0.3 is 11.9 Å². The topological polar surface area (TPSA) is 162 Å². The van der Waals surface area contributed by atoms with E-state index in [4.69, 9.17) is 9.47 Å². The number of carbonyl (C=O) groups excluding carboxylic acids is 8. The van der Waals surface area contributed by atoms with Crippen molar-refractivity contribution in [1.29, 1.82) is 0 Å². The molecular formula is C40H24N2O10. The Morgan fingerprint density at radius 1 is 0.404 bits per heavy atom. The first-order chi connectivity index (χ1) is 24.9. The number of anilines is 2. The maximum absolute atomic E-state index is 13.2. The molecule has 2 heterocycles. The van der Waals surface area contributed by atoms with Crippen LogP contribution in [0.4, 0.5) is 11.4 Å². The molecule has 5 aromatic carbocycles. The van der Waals surface area contributed by atoms with Gasteiger partial charge in [-0.25, -0.2) is 19.4 Å². The molecule has 0 spiro atoms. The van der Waals surface area contributed by atoms with E-state index in [1.807, 2.05) is 0 Å². The SMILES string of the molecule is CC(=O)c1ccc(N2C(=O)c3ccc(C(=O)Oc4ccc(OC(=O)c5ccc6c(c5)C(=O)N(c5ccc(C(C)=O)cc5)C6=O)cc4)cc3C2=O)cc1. The molecule has 0 aliphatic carbocycles. The molecule has 2 aliphatic rings. The summed E-state index contributed by atoms with van der Waals surface area (Å²) in [5, 5.41) is 0. The van der Waals surface area contributed by atoms with E-state index in [2.05, 4.69) is 0 Å². The minimum atomic E-state index is -0.807. The molecule has 12 heteroatoms. The molecular weight excluding hydrogens is 668 g/mol. The summed E-state index contributed by atoms with van der Waals surface area (Å²) in [7, 11) is 0. The van der Waals surface area contributed by atoms with Crippen LogP contribution in [0.3, 0.4) is 0 Å². The maximum atomic E-state index is 13.2. The van der Waals surface area contributed by atoms with Gasteiger partial charge in [-0.1, -0.05) is 0 Å². The van der Waals surface area contributed by atoms with Crippen molar-refractivity contribution in [1.82, 2.24) is 0 Å². The number of imide groups is 2. The molecule has 0 atom stereocenters. The van der Waals surface area contributed by atoms with Crippen molar-refractivity contribution in [2.24, 2.45) is 0 Å². The Morgan fingerprint density at radius 2 is 0.712 bits per heavy atom. The molecule has 0 saturated heterocycles. The number of amides is 4. The smallest absolute Gasteiger partial charge is 0.343 e. The lowest BCUT2D eigenvalue weighted by Crippen LogP contribution is -2.29. The van der Waals surface area contributed by atoms with E-state index in [0.29, 0.717) is 11.1 Å². The minimum Gasteiger partial charge on any atom is -0.423 e. The van der Waals surface area contributed by atoms with Crippen LogP contribution in [0, 0.1) is 0 Å². The molecule has 4 amide bonds. The number of nitrogens with zero attached hydrogens (tertiary/aromatic N) is 2. The van der Waals surface area contributed by atoms with Gasteiger partial charge in [0.25, 0.3) is 23.6 Å². The van der Waals surface area contributed by atoms with Crippen molar-refractivity contribution in [3.8, 4) is 11.5 Å². The first kappa shape index (κ1) is 33.2. The molecule has 52 heavy (non-hydrogen) atoms. The Hall–Kier alpha value is -7.34. The third-order valence-electron chi connectivity index (χ3n) is 8.55. The summed E-state index contributed by atoms with van der Waals surface area (Å²) >= 11 is 0. The van der Waals surface area contributed by atoms with Crippen LogP contribution in [0.15, 0.2) is 109 Å². The predicted octanol–water partition coefficient (Wildman–Crippen LogP) is 6.13. The normalized spacial score (nSPS) is 13.2. The molecule has 0 unspecified atom stereocenters. The fraction of sp³-hybridized carbons (Fsp3) is 0.0500. The summed E-state index contributed by atoms with van der Waals surface area (Å²) in [6.45, 7) is 2.81. The first-order valence-corrected chi connectivity index (χ1v) is 15.7. The number of hydrogen-bond donors (Lipinski definition) is 0. The molecule has 5 aromatic rings. The highest BCUT2D eigenvalue weighted by molar-refractivity contribution is 6.35. The Labute approximate surface area is 294 Å². The van der Waals surface area contributed by atoms with E-state index in [-0.39, 0.29) is 67.8 Å². The zero-order valence-corrected chi connectivity index (χ0v) is 27.4. The van der Waals surface area contributed by atoms with Crippen molar-refractivity contribution < 1.29 is 47.8 Å². The number of Topliss-reactive ketones (excluding diaryl/α,β-unsaturated/α-hetero) is 2. The number of benzene rings is 5. The summed E-state index contributed by atoms with van der Waals surface area (Å²) in [5.41, 5.74) is 1.70. The molecule has 2 aliphatic heterocycles. The second-order valence-corrected chi connectivity index (χ2v) is 11.9. The number of rotatable bonds is 8. The van der Waals surface area contributed by atoms with Crippen LogP contribution < -0.4 is 19.3 Å². The molecule has 0 aromatic heterocycles. The van der Waals surface area contributed by atoms with Gasteiger partial charge in [0, 0.05) is 11.1 Å². The highest BCUT2D eigenvalue weighted by atomic mass is 16.5. The minimum absolute atomic E-state index is 0.0143. The molecule has 0 radical (unpaired) electrons. The maximum Gasteiger partial charge on any atom is 0.343 e. The van der Waals surface area contributed by atoms with E-state index in [1.165, 1.54) is 123 Å². The quantitative estimate of drug-likeness (QED) is 0.0800. The van der Waals surface area contributed by atoms with Crippen LogP contribution in [0.1, 0.15) is 96.7 Å². The lowest BCUT2D eigenvalue weighted by molar-refractivity contribution is 0.0719. The van der Waals surface area contributed by atoms with Crippen LogP contribution >= 0.6 is 0 Å². The fourth-order valence-electron chi connectivity index (χ4n) is 5.80. The number of hydrogen-bond acceptors (Lipinski definition) is 10. The lowest BCUT2D eigenvalue weighted by atomic mass is 10.1. The van der Waals surface area contributed by atoms with Gasteiger partial charge in [-0.3, -0.25) is 28.8 Å². The van der Waals surface area contributed by atoms with Crippen molar-refractivity contribution >= 4 is 58.5 Å². The van der Waals surface area contributed by atoms with E-state index < -0.39 is 35.6 Å². The second kappa shape index (κ2) is 12.8. The summed E-state index contributed by atoms with van der Waals surface area (Å²) < 4.78 is 10.9. The van der Waals surface area contributed by atoms with E-state index >= 15 is 0 Å². The van der Waals surface area contributed by atoms with Gasteiger partial charge in [-0.15, -0.1) is 0 Å². The van der Waals surface area contributed by atoms with Crippen LogP contribution in [-0.2, 0) is 0 Å². The van der Waals surface area contributed by atoms with Crippen LogP contribution in [-0.4, -0.2) is 47.1 Å². The summed E-state index contributed by atoms with van der Waals surface area (Å²) in [4.78, 5) is 103. The average Bonchev–Trinajstić information content (AvgIpc) is 3.55.